The van der Waals surface area contributed by atoms with Crippen LogP contribution in [-0.2, 0) is 10.0 Å². The van der Waals surface area contributed by atoms with E-state index in [0.29, 0.717) is 15.2 Å². The fourth-order valence-corrected chi connectivity index (χ4v) is 3.38. The molecule has 0 aliphatic carbocycles. The van der Waals surface area contributed by atoms with Gasteiger partial charge in [0.2, 0.25) is 0 Å². The van der Waals surface area contributed by atoms with Crippen molar-refractivity contribution in [1.29, 1.82) is 0 Å². The van der Waals surface area contributed by atoms with E-state index >= 15 is 0 Å². The quantitative estimate of drug-likeness (QED) is 0.572. The number of non-ortho nitro benzene ring substituents is 1. The number of hydrogen-bond acceptors (Lipinski definition) is 4. The minimum absolute atomic E-state index is 0.164. The highest BCUT2D eigenvalue weighted by Crippen LogP contribution is 2.30. The molecule has 0 spiro atoms. The third-order valence-electron chi connectivity index (χ3n) is 2.95. The molecule has 0 heterocycles. The average molecular weight is 406 g/mol. The Morgan fingerprint density at radius 1 is 1.23 bits per heavy atom. The smallest absolute Gasteiger partial charge is 0.269 e. The van der Waals surface area contributed by atoms with Crippen LogP contribution >= 0.6 is 27.5 Å². The van der Waals surface area contributed by atoms with Crippen molar-refractivity contribution in [1.82, 2.24) is 0 Å². The number of nitro groups is 1. The van der Waals surface area contributed by atoms with Gasteiger partial charge in [-0.1, -0.05) is 17.7 Å². The summed E-state index contributed by atoms with van der Waals surface area (Å²) in [5, 5.41) is 11.1. The van der Waals surface area contributed by atoms with E-state index in [0.717, 1.165) is 10.4 Å². The molecule has 2 aromatic rings. The van der Waals surface area contributed by atoms with Crippen molar-refractivity contribution in [2.45, 2.75) is 4.90 Å². The lowest BCUT2D eigenvalue weighted by Crippen LogP contribution is -2.26. The molecular formula is C13H10BrClN2O4S. The van der Waals surface area contributed by atoms with Crippen LogP contribution in [0.4, 0.5) is 11.4 Å². The Morgan fingerprint density at radius 3 is 2.50 bits per heavy atom. The van der Waals surface area contributed by atoms with E-state index in [1.54, 1.807) is 12.1 Å². The van der Waals surface area contributed by atoms with E-state index in [4.69, 9.17) is 11.6 Å². The van der Waals surface area contributed by atoms with Crippen LogP contribution in [0.1, 0.15) is 0 Å². The molecule has 6 nitrogen and oxygen atoms in total. The molecule has 0 bridgehead atoms. The summed E-state index contributed by atoms with van der Waals surface area (Å²) in [7, 11) is -2.57. The predicted molar refractivity (Wildman–Crippen MR) is 87.8 cm³/mol. The summed E-state index contributed by atoms with van der Waals surface area (Å²) in [6, 6.07) is 9.57. The van der Waals surface area contributed by atoms with Crippen LogP contribution in [0.2, 0.25) is 5.02 Å². The number of sulfonamides is 1. The Labute approximate surface area is 140 Å². The molecule has 0 fully saturated rings. The fourth-order valence-electron chi connectivity index (χ4n) is 1.74. The Kier molecular flexibility index (Phi) is 4.74. The Morgan fingerprint density at radius 2 is 1.91 bits per heavy atom. The van der Waals surface area contributed by atoms with E-state index in [-0.39, 0.29) is 10.6 Å². The molecule has 0 radical (unpaired) electrons. The number of halogens is 2. The van der Waals surface area contributed by atoms with Gasteiger partial charge in [-0.3, -0.25) is 14.4 Å². The van der Waals surface area contributed by atoms with E-state index in [1.807, 2.05) is 0 Å². The first kappa shape index (κ1) is 16.7. The zero-order valence-electron chi connectivity index (χ0n) is 11.2. The van der Waals surface area contributed by atoms with Gasteiger partial charge in [-0.15, -0.1) is 0 Å². The maximum absolute atomic E-state index is 12.6. The van der Waals surface area contributed by atoms with Crippen LogP contribution in [0.25, 0.3) is 0 Å². The van der Waals surface area contributed by atoms with Gasteiger partial charge in [0.1, 0.15) is 0 Å². The molecule has 2 rings (SSSR count). The van der Waals surface area contributed by atoms with Crippen LogP contribution in [-0.4, -0.2) is 20.4 Å². The summed E-state index contributed by atoms with van der Waals surface area (Å²) in [6.07, 6.45) is 0. The molecule has 0 aliphatic rings. The summed E-state index contributed by atoms with van der Waals surface area (Å²) in [6.45, 7) is 0. The minimum Gasteiger partial charge on any atom is -0.269 e. The second-order valence-electron chi connectivity index (χ2n) is 4.33. The fraction of sp³-hybridized carbons (Fsp3) is 0.0769. The molecule has 2 aromatic carbocycles. The normalized spacial score (nSPS) is 11.2. The second-order valence-corrected chi connectivity index (χ2v) is 7.56. The van der Waals surface area contributed by atoms with Crippen molar-refractivity contribution in [3.63, 3.8) is 0 Å². The van der Waals surface area contributed by atoms with Crippen LogP contribution in [0, 0.1) is 10.1 Å². The van der Waals surface area contributed by atoms with E-state index in [9.17, 15) is 18.5 Å². The van der Waals surface area contributed by atoms with Crippen molar-refractivity contribution in [3.05, 3.63) is 62.1 Å². The van der Waals surface area contributed by atoms with E-state index < -0.39 is 14.9 Å². The van der Waals surface area contributed by atoms with Gasteiger partial charge in [-0.05, 0) is 40.2 Å². The number of nitrogens with zero attached hydrogens (tertiary/aromatic N) is 2. The SMILES string of the molecule is CN(c1ccc(Br)c(Cl)c1)S(=O)(=O)c1cccc([N+](=O)[O-])c1. The first-order chi connectivity index (χ1) is 10.2. The first-order valence-corrected chi connectivity index (χ1v) is 8.53. The predicted octanol–water partition coefficient (Wildman–Crippen LogP) is 3.84. The minimum atomic E-state index is -3.92. The molecule has 0 aromatic heterocycles. The lowest BCUT2D eigenvalue weighted by molar-refractivity contribution is -0.385. The molecule has 0 atom stereocenters. The standard InChI is InChI=1S/C13H10BrClN2O4S/c1-16(9-5-6-12(14)13(15)8-9)22(20,21)11-4-2-3-10(7-11)17(18)19/h2-8H,1H3. The molecule has 9 heteroatoms. The third kappa shape index (κ3) is 3.23. The Balaban J connectivity index is 2.47. The number of benzene rings is 2. The van der Waals surface area contributed by atoms with Crippen LogP contribution in [0.15, 0.2) is 51.8 Å². The molecule has 0 saturated carbocycles. The average Bonchev–Trinajstić information content (AvgIpc) is 2.49. The summed E-state index contributed by atoms with van der Waals surface area (Å²) in [4.78, 5) is 9.97. The molecule has 116 valence electrons. The maximum Gasteiger partial charge on any atom is 0.270 e. The van der Waals surface area contributed by atoms with Crippen molar-refractivity contribution in [3.8, 4) is 0 Å². The Hall–Kier alpha value is -1.64. The molecule has 0 amide bonds. The lowest BCUT2D eigenvalue weighted by Gasteiger charge is -2.19. The summed E-state index contributed by atoms with van der Waals surface area (Å²) < 4.78 is 26.8. The second kappa shape index (κ2) is 6.23. The van der Waals surface area contributed by atoms with E-state index in [2.05, 4.69) is 15.9 Å². The zero-order valence-corrected chi connectivity index (χ0v) is 14.4. The van der Waals surface area contributed by atoms with Gasteiger partial charge in [-0.25, -0.2) is 8.42 Å². The number of hydrogen-bond donors (Lipinski definition) is 0. The monoisotopic (exact) mass is 404 g/mol. The number of rotatable bonds is 4. The maximum atomic E-state index is 12.6. The topological polar surface area (TPSA) is 80.5 Å². The largest absolute Gasteiger partial charge is 0.270 e. The van der Waals surface area contributed by atoms with Crippen LogP contribution < -0.4 is 4.31 Å². The highest BCUT2D eigenvalue weighted by atomic mass is 79.9. The van der Waals surface area contributed by atoms with E-state index in [1.165, 1.54) is 31.3 Å². The third-order valence-corrected chi connectivity index (χ3v) is 5.97. The lowest BCUT2D eigenvalue weighted by atomic mass is 10.3. The van der Waals surface area contributed by atoms with Crippen LogP contribution in [0.5, 0.6) is 0 Å². The Bertz CT molecular complexity index is 842. The zero-order chi connectivity index (χ0) is 16.5. The van der Waals surface area contributed by atoms with Crippen LogP contribution in [0.3, 0.4) is 0 Å². The summed E-state index contributed by atoms with van der Waals surface area (Å²) in [5.74, 6) is 0. The van der Waals surface area contributed by atoms with Crippen molar-refractivity contribution in [2.24, 2.45) is 0 Å². The van der Waals surface area contributed by atoms with Gasteiger partial charge in [-0.2, -0.15) is 0 Å². The van der Waals surface area contributed by atoms with Gasteiger partial charge in [0.15, 0.2) is 0 Å². The van der Waals surface area contributed by atoms with Gasteiger partial charge in [0, 0.05) is 23.7 Å². The van der Waals surface area contributed by atoms with Gasteiger partial charge in [0.05, 0.1) is 20.5 Å². The van der Waals surface area contributed by atoms with Crippen molar-refractivity contribution >= 4 is 48.9 Å². The van der Waals surface area contributed by atoms with Gasteiger partial charge < -0.3 is 0 Å². The highest BCUT2D eigenvalue weighted by Gasteiger charge is 2.23. The van der Waals surface area contributed by atoms with Gasteiger partial charge >= 0.3 is 0 Å². The molecule has 22 heavy (non-hydrogen) atoms. The molecule has 0 N–H and O–H groups in total. The first-order valence-electron chi connectivity index (χ1n) is 5.92. The highest BCUT2D eigenvalue weighted by molar-refractivity contribution is 9.10. The summed E-state index contributed by atoms with van der Waals surface area (Å²) in [5.41, 5.74) is 0.0584. The molecule has 0 aliphatic heterocycles. The number of anilines is 1. The van der Waals surface area contributed by atoms with Gasteiger partial charge in [0.25, 0.3) is 15.7 Å². The molecule has 0 saturated heterocycles. The summed E-state index contributed by atoms with van der Waals surface area (Å²) >= 11 is 9.19. The molecular weight excluding hydrogens is 396 g/mol. The van der Waals surface area contributed by atoms with Crippen molar-refractivity contribution in [2.75, 3.05) is 11.4 Å². The molecule has 0 unspecified atom stereocenters. The number of nitro benzene ring substituents is 1. The van der Waals surface area contributed by atoms with Crippen molar-refractivity contribution < 1.29 is 13.3 Å².